The molecule has 0 bridgehead atoms. The number of hydrogen-bond acceptors (Lipinski definition) is 3. The lowest BCUT2D eigenvalue weighted by Gasteiger charge is -2.28. The van der Waals surface area contributed by atoms with Crippen LogP contribution in [0.15, 0.2) is 24.3 Å². The van der Waals surface area contributed by atoms with Crippen molar-refractivity contribution in [3.8, 4) is 6.07 Å². The number of carboxylic acid groups (broad SMARTS) is 1. The van der Waals surface area contributed by atoms with E-state index in [1.165, 1.54) is 0 Å². The second-order valence-corrected chi connectivity index (χ2v) is 4.65. The summed E-state index contributed by atoms with van der Waals surface area (Å²) in [7, 11) is 0. The van der Waals surface area contributed by atoms with Crippen LogP contribution in [0.3, 0.4) is 0 Å². The molecule has 0 spiro atoms. The summed E-state index contributed by atoms with van der Waals surface area (Å²) in [5.74, 6) is -0.754. The second kappa shape index (κ2) is 5.19. The van der Waals surface area contributed by atoms with E-state index in [0.717, 1.165) is 18.5 Å². The van der Waals surface area contributed by atoms with Crippen LogP contribution in [0, 0.1) is 11.3 Å². The third-order valence-corrected chi connectivity index (χ3v) is 3.57. The number of nitriles is 1. The van der Waals surface area contributed by atoms with E-state index in [2.05, 4.69) is 6.07 Å². The van der Waals surface area contributed by atoms with Crippen LogP contribution in [0.25, 0.3) is 0 Å². The minimum atomic E-state index is -0.754. The van der Waals surface area contributed by atoms with Gasteiger partial charge in [-0.25, -0.2) is 0 Å². The maximum absolute atomic E-state index is 11.2. The highest BCUT2D eigenvalue weighted by Crippen LogP contribution is 2.29. The Morgan fingerprint density at radius 3 is 3.06 bits per heavy atom. The van der Waals surface area contributed by atoms with E-state index >= 15 is 0 Å². The Labute approximate surface area is 106 Å². The van der Waals surface area contributed by atoms with Crippen LogP contribution in [0.5, 0.6) is 0 Å². The third kappa shape index (κ3) is 2.36. The lowest BCUT2D eigenvalue weighted by Crippen LogP contribution is -2.37. The van der Waals surface area contributed by atoms with Crippen molar-refractivity contribution in [2.45, 2.75) is 31.8 Å². The molecule has 0 amide bonds. The monoisotopic (exact) mass is 244 g/mol. The molecule has 18 heavy (non-hydrogen) atoms. The van der Waals surface area contributed by atoms with E-state index in [9.17, 15) is 9.90 Å². The molecule has 1 N–H and O–H groups in total. The van der Waals surface area contributed by atoms with E-state index in [1.807, 2.05) is 30.0 Å². The zero-order chi connectivity index (χ0) is 13.1. The average molecular weight is 244 g/mol. The lowest BCUT2D eigenvalue weighted by atomic mass is 10.0. The van der Waals surface area contributed by atoms with Gasteiger partial charge in [-0.1, -0.05) is 12.1 Å². The number of hydrogen-bond donors (Lipinski definition) is 1. The number of carboxylic acids is 1. The number of benzene rings is 1. The highest BCUT2D eigenvalue weighted by atomic mass is 16.4. The van der Waals surface area contributed by atoms with Gasteiger partial charge in [0.1, 0.15) is 6.04 Å². The normalized spacial score (nSPS) is 21.4. The zero-order valence-corrected chi connectivity index (χ0v) is 10.3. The molecule has 1 aromatic carbocycles. The Hall–Kier alpha value is -1.86. The summed E-state index contributed by atoms with van der Waals surface area (Å²) in [6.45, 7) is 2.80. The number of likely N-dealkylation sites (tertiary alicyclic amines) is 1. The molecule has 1 aromatic rings. The van der Waals surface area contributed by atoms with Gasteiger partial charge >= 0.3 is 5.97 Å². The standard InChI is InChI=1S/C14H16N2O2/c1-10(12-5-2-4-11(8-12)9-15)16-7-3-6-13(16)14(17)18/h2,4-5,8,10,13H,3,6-7H2,1H3,(H,17,18). The third-order valence-electron chi connectivity index (χ3n) is 3.57. The minimum Gasteiger partial charge on any atom is -0.480 e. The van der Waals surface area contributed by atoms with Crippen molar-refractivity contribution in [2.75, 3.05) is 6.54 Å². The quantitative estimate of drug-likeness (QED) is 0.885. The van der Waals surface area contributed by atoms with Gasteiger partial charge in [-0.3, -0.25) is 9.69 Å². The highest BCUT2D eigenvalue weighted by molar-refractivity contribution is 5.73. The average Bonchev–Trinajstić information content (AvgIpc) is 2.87. The summed E-state index contributed by atoms with van der Waals surface area (Å²) in [6, 6.07) is 9.13. The van der Waals surface area contributed by atoms with Crippen molar-refractivity contribution in [2.24, 2.45) is 0 Å². The van der Waals surface area contributed by atoms with E-state index < -0.39 is 12.0 Å². The summed E-state index contributed by atoms with van der Waals surface area (Å²) in [4.78, 5) is 13.2. The van der Waals surface area contributed by atoms with Crippen LogP contribution < -0.4 is 0 Å². The molecule has 1 fully saturated rings. The molecule has 2 atom stereocenters. The van der Waals surface area contributed by atoms with Gasteiger partial charge in [0.25, 0.3) is 0 Å². The van der Waals surface area contributed by atoms with Crippen LogP contribution in [-0.2, 0) is 4.79 Å². The molecular formula is C14H16N2O2. The predicted molar refractivity (Wildman–Crippen MR) is 66.9 cm³/mol. The maximum Gasteiger partial charge on any atom is 0.320 e. The molecule has 4 nitrogen and oxygen atoms in total. The Balaban J connectivity index is 2.22. The lowest BCUT2D eigenvalue weighted by molar-refractivity contribution is -0.142. The van der Waals surface area contributed by atoms with Gasteiger partial charge in [-0.05, 0) is 44.0 Å². The van der Waals surface area contributed by atoms with E-state index in [1.54, 1.807) is 6.07 Å². The first-order chi connectivity index (χ1) is 8.63. The summed E-state index contributed by atoms with van der Waals surface area (Å²) in [6.07, 6.45) is 1.62. The second-order valence-electron chi connectivity index (χ2n) is 4.65. The van der Waals surface area contributed by atoms with E-state index in [4.69, 9.17) is 5.26 Å². The molecular weight excluding hydrogens is 228 g/mol. The van der Waals surface area contributed by atoms with Gasteiger partial charge in [0.05, 0.1) is 11.6 Å². The van der Waals surface area contributed by atoms with Crippen molar-refractivity contribution in [1.29, 1.82) is 5.26 Å². The number of aliphatic carboxylic acids is 1. The molecule has 1 saturated heterocycles. The Morgan fingerprint density at radius 1 is 1.61 bits per heavy atom. The number of carbonyl (C=O) groups is 1. The summed E-state index contributed by atoms with van der Waals surface area (Å²) >= 11 is 0. The summed E-state index contributed by atoms with van der Waals surface area (Å²) in [5, 5.41) is 18.1. The number of nitrogens with zero attached hydrogens (tertiary/aromatic N) is 2. The van der Waals surface area contributed by atoms with Crippen molar-refractivity contribution in [3.05, 3.63) is 35.4 Å². The molecule has 1 aliphatic heterocycles. The van der Waals surface area contributed by atoms with Crippen LogP contribution in [0.4, 0.5) is 0 Å². The van der Waals surface area contributed by atoms with Gasteiger partial charge in [-0.2, -0.15) is 5.26 Å². The molecule has 0 aromatic heterocycles. The smallest absolute Gasteiger partial charge is 0.320 e. The fourth-order valence-electron chi connectivity index (χ4n) is 2.58. The Morgan fingerprint density at radius 2 is 2.39 bits per heavy atom. The van der Waals surface area contributed by atoms with Crippen molar-refractivity contribution in [1.82, 2.24) is 4.90 Å². The fourth-order valence-corrected chi connectivity index (χ4v) is 2.58. The largest absolute Gasteiger partial charge is 0.480 e. The molecule has 0 aliphatic carbocycles. The first-order valence-corrected chi connectivity index (χ1v) is 6.12. The van der Waals surface area contributed by atoms with E-state index in [0.29, 0.717) is 12.0 Å². The molecule has 4 heteroatoms. The molecule has 1 aliphatic rings. The van der Waals surface area contributed by atoms with Gasteiger partial charge in [-0.15, -0.1) is 0 Å². The van der Waals surface area contributed by atoms with E-state index in [-0.39, 0.29) is 6.04 Å². The van der Waals surface area contributed by atoms with Gasteiger partial charge in [0.2, 0.25) is 0 Å². The van der Waals surface area contributed by atoms with Crippen molar-refractivity contribution in [3.63, 3.8) is 0 Å². The van der Waals surface area contributed by atoms with Crippen LogP contribution in [-0.4, -0.2) is 28.6 Å². The van der Waals surface area contributed by atoms with Crippen LogP contribution in [0.2, 0.25) is 0 Å². The Bertz CT molecular complexity index is 493. The molecule has 0 radical (unpaired) electrons. The molecule has 2 rings (SSSR count). The van der Waals surface area contributed by atoms with Gasteiger partial charge in [0, 0.05) is 6.04 Å². The van der Waals surface area contributed by atoms with Crippen LogP contribution >= 0.6 is 0 Å². The van der Waals surface area contributed by atoms with Crippen molar-refractivity contribution >= 4 is 5.97 Å². The zero-order valence-electron chi connectivity index (χ0n) is 10.3. The highest BCUT2D eigenvalue weighted by Gasteiger charge is 2.33. The molecule has 1 heterocycles. The first-order valence-electron chi connectivity index (χ1n) is 6.12. The SMILES string of the molecule is CC(c1cccc(C#N)c1)N1CCCC1C(=O)O. The minimum absolute atomic E-state index is 0.0295. The van der Waals surface area contributed by atoms with Crippen LogP contribution in [0.1, 0.15) is 36.9 Å². The predicted octanol–water partition coefficient (Wildman–Crippen LogP) is 2.17. The topological polar surface area (TPSA) is 64.3 Å². The molecule has 0 saturated carbocycles. The number of rotatable bonds is 3. The molecule has 2 unspecified atom stereocenters. The fraction of sp³-hybridized carbons (Fsp3) is 0.429. The first kappa shape index (κ1) is 12.6. The van der Waals surface area contributed by atoms with Crippen molar-refractivity contribution < 1.29 is 9.90 Å². The Kier molecular flexibility index (Phi) is 3.63. The summed E-state index contributed by atoms with van der Waals surface area (Å²) < 4.78 is 0. The maximum atomic E-state index is 11.2. The van der Waals surface area contributed by atoms with Gasteiger partial charge < -0.3 is 5.11 Å². The summed E-state index contributed by atoms with van der Waals surface area (Å²) in [5.41, 5.74) is 1.62. The molecule has 94 valence electrons. The van der Waals surface area contributed by atoms with Gasteiger partial charge in [0.15, 0.2) is 0 Å².